The molecule has 2 heterocycles. The fourth-order valence-electron chi connectivity index (χ4n) is 2.40. The molecule has 6 heteroatoms. The van der Waals surface area contributed by atoms with Crippen molar-refractivity contribution in [1.29, 1.82) is 0 Å². The molecule has 1 fully saturated rings. The summed E-state index contributed by atoms with van der Waals surface area (Å²) in [5.41, 5.74) is 1.84. The SMILES string of the molecule is Cc1c(SCCOCCCN2CCOCC2)cc[n+]([O-])c1C. The van der Waals surface area contributed by atoms with Crippen LogP contribution in [0.4, 0.5) is 0 Å². The summed E-state index contributed by atoms with van der Waals surface area (Å²) >= 11 is 1.75. The van der Waals surface area contributed by atoms with E-state index in [0.717, 1.165) is 74.2 Å². The molecule has 0 aromatic carbocycles. The molecule has 0 saturated carbocycles. The first-order chi connectivity index (χ1) is 10.7. The summed E-state index contributed by atoms with van der Waals surface area (Å²) in [5.74, 6) is 0.917. The molecule has 0 radical (unpaired) electrons. The first kappa shape index (κ1) is 17.5. The van der Waals surface area contributed by atoms with Crippen molar-refractivity contribution in [2.24, 2.45) is 0 Å². The Bertz CT molecular complexity index is 465. The van der Waals surface area contributed by atoms with Crippen LogP contribution in [0.5, 0.6) is 0 Å². The van der Waals surface area contributed by atoms with Crippen LogP contribution in [0.1, 0.15) is 17.7 Å². The number of hydrogen-bond acceptors (Lipinski definition) is 5. The molecule has 0 atom stereocenters. The predicted octanol–water partition coefficient (Wildman–Crippen LogP) is 1.77. The lowest BCUT2D eigenvalue weighted by Gasteiger charge is -2.26. The van der Waals surface area contributed by atoms with Gasteiger partial charge in [0.25, 0.3) is 0 Å². The number of nitrogens with zero attached hydrogens (tertiary/aromatic N) is 2. The molecule has 124 valence electrons. The third-order valence-corrected chi connectivity index (χ3v) is 5.08. The summed E-state index contributed by atoms with van der Waals surface area (Å²) in [7, 11) is 0. The number of morpholine rings is 1. The van der Waals surface area contributed by atoms with Gasteiger partial charge in [0.05, 0.1) is 19.8 Å². The van der Waals surface area contributed by atoms with Crippen LogP contribution in [0.25, 0.3) is 0 Å². The van der Waals surface area contributed by atoms with Crippen molar-refractivity contribution in [2.75, 3.05) is 51.8 Å². The van der Waals surface area contributed by atoms with Crippen molar-refractivity contribution in [1.82, 2.24) is 4.90 Å². The van der Waals surface area contributed by atoms with E-state index in [2.05, 4.69) is 4.90 Å². The Labute approximate surface area is 137 Å². The molecule has 1 saturated heterocycles. The third-order valence-electron chi connectivity index (χ3n) is 3.96. The first-order valence-corrected chi connectivity index (χ1v) is 8.87. The van der Waals surface area contributed by atoms with E-state index in [1.54, 1.807) is 18.0 Å². The molecule has 1 aliphatic heterocycles. The normalized spacial score (nSPS) is 16.1. The van der Waals surface area contributed by atoms with Gasteiger partial charge in [-0.2, -0.15) is 4.73 Å². The number of rotatable bonds is 8. The standard InChI is InChI=1S/C16H26N2O3S/c1-14-15(2)18(19)6-4-16(14)22-13-12-20-9-3-5-17-7-10-21-11-8-17/h4,6H,3,5,7-13H2,1-2H3. The molecule has 0 unspecified atom stereocenters. The highest BCUT2D eigenvalue weighted by molar-refractivity contribution is 7.99. The molecule has 0 bridgehead atoms. The molecule has 1 aliphatic rings. The molecule has 0 N–H and O–H groups in total. The molecule has 0 aliphatic carbocycles. The topological polar surface area (TPSA) is 48.6 Å². The highest BCUT2D eigenvalue weighted by Crippen LogP contribution is 2.22. The van der Waals surface area contributed by atoms with Gasteiger partial charge in [0.1, 0.15) is 0 Å². The van der Waals surface area contributed by atoms with Crippen LogP contribution in [0.3, 0.4) is 0 Å². The van der Waals surface area contributed by atoms with Crippen molar-refractivity contribution in [3.63, 3.8) is 0 Å². The molecular weight excluding hydrogens is 300 g/mol. The maximum absolute atomic E-state index is 11.4. The minimum atomic E-state index is 0.749. The second kappa shape index (κ2) is 9.35. The van der Waals surface area contributed by atoms with Gasteiger partial charge in [-0.3, -0.25) is 4.90 Å². The molecular formula is C16H26N2O3S. The van der Waals surface area contributed by atoms with E-state index < -0.39 is 0 Å². The van der Waals surface area contributed by atoms with Crippen molar-refractivity contribution in [3.05, 3.63) is 28.7 Å². The number of aromatic nitrogens is 1. The zero-order valence-electron chi connectivity index (χ0n) is 13.5. The molecule has 2 rings (SSSR count). The van der Waals surface area contributed by atoms with Gasteiger partial charge in [-0.05, 0) is 13.3 Å². The molecule has 1 aromatic rings. The van der Waals surface area contributed by atoms with Gasteiger partial charge < -0.3 is 14.7 Å². The minimum Gasteiger partial charge on any atom is -0.619 e. The lowest BCUT2D eigenvalue weighted by Crippen LogP contribution is -2.37. The number of hydrogen-bond donors (Lipinski definition) is 0. The van der Waals surface area contributed by atoms with Gasteiger partial charge in [0.2, 0.25) is 0 Å². The van der Waals surface area contributed by atoms with E-state index in [-0.39, 0.29) is 0 Å². The Morgan fingerprint density at radius 3 is 2.86 bits per heavy atom. The Kier molecular flexibility index (Phi) is 7.45. The van der Waals surface area contributed by atoms with Crippen LogP contribution < -0.4 is 4.73 Å². The third kappa shape index (κ3) is 5.43. The maximum atomic E-state index is 11.4. The van der Waals surface area contributed by atoms with E-state index in [1.807, 2.05) is 19.9 Å². The maximum Gasteiger partial charge on any atom is 0.193 e. The van der Waals surface area contributed by atoms with Crippen molar-refractivity contribution >= 4 is 11.8 Å². The second-order valence-electron chi connectivity index (χ2n) is 5.48. The highest BCUT2D eigenvalue weighted by atomic mass is 32.2. The Balaban J connectivity index is 1.55. The largest absolute Gasteiger partial charge is 0.619 e. The number of pyridine rings is 1. The van der Waals surface area contributed by atoms with Crippen molar-refractivity contribution < 1.29 is 14.2 Å². The predicted molar refractivity (Wildman–Crippen MR) is 88.3 cm³/mol. The van der Waals surface area contributed by atoms with Crippen LogP contribution in [0, 0.1) is 19.1 Å². The molecule has 1 aromatic heterocycles. The average molecular weight is 326 g/mol. The van der Waals surface area contributed by atoms with Gasteiger partial charge in [-0.15, -0.1) is 11.8 Å². The monoisotopic (exact) mass is 326 g/mol. The smallest absolute Gasteiger partial charge is 0.193 e. The average Bonchev–Trinajstić information content (AvgIpc) is 2.54. The summed E-state index contributed by atoms with van der Waals surface area (Å²) in [6, 6.07) is 1.89. The van der Waals surface area contributed by atoms with Crippen LogP contribution in [0.2, 0.25) is 0 Å². The van der Waals surface area contributed by atoms with Crippen molar-refractivity contribution in [3.8, 4) is 0 Å². The molecule has 5 nitrogen and oxygen atoms in total. The van der Waals surface area contributed by atoms with Gasteiger partial charge in [0, 0.05) is 55.4 Å². The van der Waals surface area contributed by atoms with Crippen LogP contribution in [-0.2, 0) is 9.47 Å². The summed E-state index contributed by atoms with van der Waals surface area (Å²) in [6.07, 6.45) is 2.65. The van der Waals surface area contributed by atoms with Crippen LogP contribution in [-0.4, -0.2) is 56.7 Å². The first-order valence-electron chi connectivity index (χ1n) is 7.88. The highest BCUT2D eigenvalue weighted by Gasteiger charge is 2.10. The van der Waals surface area contributed by atoms with E-state index in [9.17, 15) is 5.21 Å². The van der Waals surface area contributed by atoms with Gasteiger partial charge in [-0.25, -0.2) is 0 Å². The quantitative estimate of drug-likeness (QED) is 0.315. The summed E-state index contributed by atoms with van der Waals surface area (Å²) in [6.45, 7) is 10.3. The summed E-state index contributed by atoms with van der Waals surface area (Å²) < 4.78 is 11.9. The Morgan fingerprint density at radius 1 is 1.32 bits per heavy atom. The van der Waals surface area contributed by atoms with Gasteiger partial charge >= 0.3 is 0 Å². The lowest BCUT2D eigenvalue weighted by atomic mass is 10.2. The van der Waals surface area contributed by atoms with Gasteiger partial charge in [0.15, 0.2) is 11.9 Å². The second-order valence-corrected chi connectivity index (χ2v) is 6.62. The van der Waals surface area contributed by atoms with Crippen LogP contribution in [0.15, 0.2) is 17.2 Å². The zero-order chi connectivity index (χ0) is 15.8. The number of ether oxygens (including phenoxy) is 2. The van der Waals surface area contributed by atoms with Gasteiger partial charge in [-0.1, -0.05) is 0 Å². The van der Waals surface area contributed by atoms with E-state index in [0.29, 0.717) is 0 Å². The molecule has 0 spiro atoms. The van der Waals surface area contributed by atoms with Crippen molar-refractivity contribution in [2.45, 2.75) is 25.2 Å². The van der Waals surface area contributed by atoms with Crippen LogP contribution >= 0.6 is 11.8 Å². The van der Waals surface area contributed by atoms with E-state index in [4.69, 9.17) is 9.47 Å². The Hall–Kier alpha value is -0.820. The Morgan fingerprint density at radius 2 is 2.09 bits per heavy atom. The summed E-state index contributed by atoms with van der Waals surface area (Å²) in [4.78, 5) is 3.59. The lowest BCUT2D eigenvalue weighted by molar-refractivity contribution is -0.613. The summed E-state index contributed by atoms with van der Waals surface area (Å²) in [5, 5.41) is 11.4. The minimum absolute atomic E-state index is 0.749. The van der Waals surface area contributed by atoms with E-state index in [1.165, 1.54) is 4.90 Å². The fourth-order valence-corrected chi connectivity index (χ4v) is 3.34. The van der Waals surface area contributed by atoms with E-state index >= 15 is 0 Å². The number of thioether (sulfide) groups is 1. The molecule has 0 amide bonds. The zero-order valence-corrected chi connectivity index (χ0v) is 14.4. The molecule has 22 heavy (non-hydrogen) atoms. The fraction of sp³-hybridized carbons (Fsp3) is 0.688.